The van der Waals surface area contributed by atoms with Crippen molar-refractivity contribution in [2.24, 2.45) is 11.5 Å². The second kappa shape index (κ2) is 4.21. The van der Waals surface area contributed by atoms with Gasteiger partial charge in [0, 0.05) is 12.6 Å². The predicted molar refractivity (Wildman–Crippen MR) is 54.1 cm³/mol. The maximum absolute atomic E-state index is 10.9. The molecule has 4 nitrogen and oxygen atoms in total. The van der Waals surface area contributed by atoms with Crippen molar-refractivity contribution in [2.45, 2.75) is 13.0 Å². The van der Waals surface area contributed by atoms with Gasteiger partial charge in [-0.3, -0.25) is 0 Å². The quantitative estimate of drug-likeness (QED) is 0.659. The fourth-order valence-corrected chi connectivity index (χ4v) is 1.48. The number of carboxylic acids is 1. The monoisotopic (exact) mass is 194 g/mol. The van der Waals surface area contributed by atoms with E-state index in [0.717, 1.165) is 5.56 Å². The Labute approximate surface area is 82.5 Å². The molecule has 0 bridgehead atoms. The van der Waals surface area contributed by atoms with E-state index in [1.165, 1.54) is 0 Å². The van der Waals surface area contributed by atoms with Crippen LogP contribution in [0.2, 0.25) is 0 Å². The summed E-state index contributed by atoms with van der Waals surface area (Å²) >= 11 is 0. The molecule has 0 heterocycles. The molecule has 5 N–H and O–H groups in total. The molecule has 0 aromatic heterocycles. The van der Waals surface area contributed by atoms with E-state index in [2.05, 4.69) is 0 Å². The molecular formula is C10H14N2O2. The van der Waals surface area contributed by atoms with Crippen molar-refractivity contribution in [1.82, 2.24) is 0 Å². The summed E-state index contributed by atoms with van der Waals surface area (Å²) in [6.07, 6.45) is 0. The fraction of sp³-hybridized carbons (Fsp3) is 0.300. The minimum absolute atomic E-state index is 0.239. The van der Waals surface area contributed by atoms with Crippen molar-refractivity contribution >= 4 is 5.97 Å². The first-order valence-electron chi connectivity index (χ1n) is 4.36. The van der Waals surface area contributed by atoms with Gasteiger partial charge in [0.2, 0.25) is 0 Å². The standard InChI is InChI=1S/C10H14N2O2/c1-6-3-2-4-7(10(13)14)9(6)8(12)5-11/h2-4,8H,5,11-12H2,1H3,(H,13,14)/t8-/m0/s1. The SMILES string of the molecule is Cc1cccc(C(=O)O)c1[C@@H](N)CN. The van der Waals surface area contributed by atoms with E-state index < -0.39 is 12.0 Å². The van der Waals surface area contributed by atoms with Gasteiger partial charge in [0.05, 0.1) is 5.56 Å². The van der Waals surface area contributed by atoms with Crippen LogP contribution in [0.4, 0.5) is 0 Å². The van der Waals surface area contributed by atoms with Gasteiger partial charge in [0.1, 0.15) is 0 Å². The number of carboxylic acid groups (broad SMARTS) is 1. The summed E-state index contributed by atoms with van der Waals surface area (Å²) in [5.74, 6) is -0.965. The molecule has 0 aliphatic rings. The Morgan fingerprint density at radius 3 is 2.71 bits per heavy atom. The number of carbonyl (C=O) groups is 1. The molecule has 1 aromatic carbocycles. The predicted octanol–water partition coefficient (Wildman–Crippen LogP) is 0.652. The maximum atomic E-state index is 10.9. The molecule has 0 aliphatic carbocycles. The molecule has 1 rings (SSSR count). The van der Waals surface area contributed by atoms with E-state index in [0.29, 0.717) is 5.56 Å². The van der Waals surface area contributed by atoms with Gasteiger partial charge in [0.15, 0.2) is 0 Å². The first-order valence-corrected chi connectivity index (χ1v) is 4.36. The van der Waals surface area contributed by atoms with Crippen LogP contribution >= 0.6 is 0 Å². The minimum atomic E-state index is -0.965. The average molecular weight is 194 g/mol. The largest absolute Gasteiger partial charge is 0.478 e. The zero-order valence-electron chi connectivity index (χ0n) is 8.03. The second-order valence-electron chi connectivity index (χ2n) is 3.18. The highest BCUT2D eigenvalue weighted by atomic mass is 16.4. The van der Waals surface area contributed by atoms with Crippen LogP contribution in [-0.2, 0) is 0 Å². The molecule has 0 unspecified atom stereocenters. The molecule has 0 radical (unpaired) electrons. The van der Waals surface area contributed by atoms with Crippen molar-refractivity contribution in [3.05, 3.63) is 34.9 Å². The molecule has 14 heavy (non-hydrogen) atoms. The minimum Gasteiger partial charge on any atom is -0.478 e. The third-order valence-electron chi connectivity index (χ3n) is 2.18. The smallest absolute Gasteiger partial charge is 0.336 e. The normalized spacial score (nSPS) is 12.5. The van der Waals surface area contributed by atoms with Gasteiger partial charge in [-0.15, -0.1) is 0 Å². The maximum Gasteiger partial charge on any atom is 0.336 e. The second-order valence-corrected chi connectivity index (χ2v) is 3.18. The van der Waals surface area contributed by atoms with Crippen molar-refractivity contribution < 1.29 is 9.90 Å². The number of nitrogens with two attached hydrogens (primary N) is 2. The Bertz CT molecular complexity index is 350. The zero-order chi connectivity index (χ0) is 10.7. The zero-order valence-corrected chi connectivity index (χ0v) is 8.03. The summed E-state index contributed by atoms with van der Waals surface area (Å²) < 4.78 is 0. The molecule has 0 saturated carbocycles. The number of hydrogen-bond donors (Lipinski definition) is 3. The summed E-state index contributed by atoms with van der Waals surface area (Å²) in [5, 5.41) is 8.94. The van der Waals surface area contributed by atoms with E-state index in [1.807, 2.05) is 13.0 Å². The Kier molecular flexibility index (Phi) is 3.22. The average Bonchev–Trinajstić information content (AvgIpc) is 2.16. The summed E-state index contributed by atoms with van der Waals surface area (Å²) in [5.41, 5.74) is 12.9. The molecule has 1 aromatic rings. The van der Waals surface area contributed by atoms with Crippen molar-refractivity contribution in [1.29, 1.82) is 0 Å². The number of benzene rings is 1. The molecule has 0 saturated heterocycles. The van der Waals surface area contributed by atoms with Crippen LogP contribution < -0.4 is 11.5 Å². The van der Waals surface area contributed by atoms with Gasteiger partial charge in [-0.2, -0.15) is 0 Å². The fourth-order valence-electron chi connectivity index (χ4n) is 1.48. The Hall–Kier alpha value is -1.39. The van der Waals surface area contributed by atoms with Crippen LogP contribution in [0.5, 0.6) is 0 Å². The summed E-state index contributed by atoms with van der Waals surface area (Å²) in [4.78, 5) is 10.9. The van der Waals surface area contributed by atoms with E-state index in [4.69, 9.17) is 16.6 Å². The van der Waals surface area contributed by atoms with Gasteiger partial charge in [-0.05, 0) is 24.1 Å². The van der Waals surface area contributed by atoms with Crippen molar-refractivity contribution in [3.63, 3.8) is 0 Å². The molecular weight excluding hydrogens is 180 g/mol. The van der Waals surface area contributed by atoms with Crippen LogP contribution in [-0.4, -0.2) is 17.6 Å². The van der Waals surface area contributed by atoms with Crippen LogP contribution in [0.1, 0.15) is 27.5 Å². The van der Waals surface area contributed by atoms with Crippen LogP contribution in [0, 0.1) is 6.92 Å². The molecule has 0 fully saturated rings. The molecule has 1 atom stereocenters. The lowest BCUT2D eigenvalue weighted by Gasteiger charge is -2.15. The van der Waals surface area contributed by atoms with Crippen LogP contribution in [0.25, 0.3) is 0 Å². The van der Waals surface area contributed by atoms with Crippen LogP contribution in [0.3, 0.4) is 0 Å². The highest BCUT2D eigenvalue weighted by Gasteiger charge is 2.16. The van der Waals surface area contributed by atoms with Gasteiger partial charge < -0.3 is 16.6 Å². The number of aryl methyl sites for hydroxylation is 1. The topological polar surface area (TPSA) is 89.3 Å². The van der Waals surface area contributed by atoms with Gasteiger partial charge in [-0.1, -0.05) is 12.1 Å². The van der Waals surface area contributed by atoms with Crippen molar-refractivity contribution in [3.8, 4) is 0 Å². The Morgan fingerprint density at radius 2 is 2.21 bits per heavy atom. The van der Waals surface area contributed by atoms with E-state index in [9.17, 15) is 4.79 Å². The van der Waals surface area contributed by atoms with Crippen LogP contribution in [0.15, 0.2) is 18.2 Å². The van der Waals surface area contributed by atoms with Crippen molar-refractivity contribution in [2.75, 3.05) is 6.54 Å². The Balaban J connectivity index is 3.29. The molecule has 0 spiro atoms. The van der Waals surface area contributed by atoms with Gasteiger partial charge >= 0.3 is 5.97 Å². The summed E-state index contributed by atoms with van der Waals surface area (Å²) in [7, 11) is 0. The molecule has 4 heteroatoms. The highest BCUT2D eigenvalue weighted by molar-refractivity contribution is 5.90. The third-order valence-corrected chi connectivity index (χ3v) is 2.18. The lowest BCUT2D eigenvalue weighted by Crippen LogP contribution is -2.24. The van der Waals surface area contributed by atoms with E-state index in [-0.39, 0.29) is 12.1 Å². The van der Waals surface area contributed by atoms with E-state index >= 15 is 0 Å². The number of hydrogen-bond acceptors (Lipinski definition) is 3. The number of aromatic carboxylic acids is 1. The molecule has 0 aliphatic heterocycles. The van der Waals surface area contributed by atoms with Gasteiger partial charge in [-0.25, -0.2) is 4.79 Å². The van der Waals surface area contributed by atoms with E-state index in [1.54, 1.807) is 12.1 Å². The lowest BCUT2D eigenvalue weighted by atomic mass is 9.96. The highest BCUT2D eigenvalue weighted by Crippen LogP contribution is 2.19. The third kappa shape index (κ3) is 1.92. The molecule has 76 valence electrons. The summed E-state index contributed by atoms with van der Waals surface area (Å²) in [6.45, 7) is 2.07. The number of rotatable bonds is 3. The lowest BCUT2D eigenvalue weighted by molar-refractivity contribution is 0.0695. The Morgan fingerprint density at radius 1 is 1.57 bits per heavy atom. The summed E-state index contributed by atoms with van der Waals surface area (Å²) in [6, 6.07) is 4.66. The van der Waals surface area contributed by atoms with Gasteiger partial charge in [0.25, 0.3) is 0 Å². The molecule has 0 amide bonds. The first kappa shape index (κ1) is 10.7. The first-order chi connectivity index (χ1) is 6.57.